The van der Waals surface area contributed by atoms with Crippen LogP contribution in [0.15, 0.2) is 79.1 Å². The largest absolute Gasteiger partial charge is 0.377 e. The minimum Gasteiger partial charge on any atom is -0.377 e. The molecule has 11 heteroatoms. The Morgan fingerprint density at radius 1 is 1.13 bits per heavy atom. The minimum absolute atomic E-state index is 0.0840. The first-order valence-electron chi connectivity index (χ1n) is 15.4. The van der Waals surface area contributed by atoms with Crippen LogP contribution in [0.2, 0.25) is 0 Å². The molecule has 0 spiro atoms. The van der Waals surface area contributed by atoms with Crippen molar-refractivity contribution in [2.24, 2.45) is 0 Å². The summed E-state index contributed by atoms with van der Waals surface area (Å²) in [6.45, 7) is 4.09. The summed E-state index contributed by atoms with van der Waals surface area (Å²) in [5.41, 5.74) is 7.32. The van der Waals surface area contributed by atoms with Crippen LogP contribution >= 0.6 is 0 Å². The number of carbonyl (C=O) groups is 1. The number of pyridine rings is 2. The molecule has 236 valence electrons. The molecule has 1 saturated heterocycles. The van der Waals surface area contributed by atoms with Gasteiger partial charge in [-0.3, -0.25) is 9.20 Å². The molecule has 5 heterocycles. The lowest BCUT2D eigenvalue weighted by atomic mass is 9.99. The third-order valence-electron chi connectivity index (χ3n) is 8.30. The molecule has 1 amide bonds. The molecule has 3 aromatic heterocycles. The summed E-state index contributed by atoms with van der Waals surface area (Å²) in [5.74, 6) is 0.137. The van der Waals surface area contributed by atoms with E-state index in [1.807, 2.05) is 54.9 Å². The van der Waals surface area contributed by atoms with Gasteiger partial charge in [0.15, 0.2) is 0 Å². The molecular weight excluding hydrogens is 585 g/mol. The van der Waals surface area contributed by atoms with Crippen LogP contribution in [0.3, 0.4) is 0 Å². The van der Waals surface area contributed by atoms with Gasteiger partial charge in [-0.25, -0.2) is 14.4 Å². The number of nitrogens with zero attached hydrogens (tertiary/aromatic N) is 5. The van der Waals surface area contributed by atoms with Crippen LogP contribution in [0.25, 0.3) is 16.9 Å². The van der Waals surface area contributed by atoms with Crippen molar-refractivity contribution >= 4 is 28.7 Å². The van der Waals surface area contributed by atoms with Gasteiger partial charge in [-0.2, -0.15) is 0 Å². The molecule has 0 bridgehead atoms. The third-order valence-corrected chi connectivity index (χ3v) is 8.30. The van der Waals surface area contributed by atoms with E-state index in [9.17, 15) is 9.18 Å². The van der Waals surface area contributed by atoms with Crippen molar-refractivity contribution in [3.05, 3.63) is 107 Å². The highest BCUT2D eigenvalue weighted by molar-refractivity contribution is 6.06. The summed E-state index contributed by atoms with van der Waals surface area (Å²) < 4.78 is 27.8. The Bertz CT molecular complexity index is 1880. The highest BCUT2D eigenvalue weighted by atomic mass is 19.1. The average molecular weight is 622 g/mol. The average Bonchev–Trinajstić information content (AvgIpc) is 3.56. The van der Waals surface area contributed by atoms with Crippen LogP contribution in [-0.4, -0.2) is 71.7 Å². The van der Waals surface area contributed by atoms with E-state index in [-0.39, 0.29) is 17.8 Å². The Hall–Kier alpha value is -4.84. The number of imidazole rings is 1. The van der Waals surface area contributed by atoms with Crippen molar-refractivity contribution in [1.29, 1.82) is 0 Å². The number of ether oxygens (including phenoxy) is 2. The fourth-order valence-electron chi connectivity index (χ4n) is 6.14. The number of halogens is 1. The lowest BCUT2D eigenvalue weighted by Crippen LogP contribution is -2.35. The van der Waals surface area contributed by atoms with E-state index in [1.165, 1.54) is 12.1 Å². The summed E-state index contributed by atoms with van der Waals surface area (Å²) in [6.07, 6.45) is 3.28. The molecule has 2 aliphatic heterocycles. The summed E-state index contributed by atoms with van der Waals surface area (Å²) >= 11 is 0. The van der Waals surface area contributed by atoms with Crippen molar-refractivity contribution in [2.45, 2.75) is 25.8 Å². The van der Waals surface area contributed by atoms with Crippen molar-refractivity contribution in [3.8, 4) is 11.3 Å². The number of rotatable bonds is 9. The summed E-state index contributed by atoms with van der Waals surface area (Å²) in [5, 5.41) is 6.39. The van der Waals surface area contributed by atoms with E-state index in [0.717, 1.165) is 40.3 Å². The third kappa shape index (κ3) is 6.17. The second-order valence-corrected chi connectivity index (χ2v) is 11.9. The summed E-state index contributed by atoms with van der Waals surface area (Å²) in [7, 11) is 4.04. The Morgan fingerprint density at radius 2 is 2.00 bits per heavy atom. The molecule has 0 saturated carbocycles. The Balaban J connectivity index is 1.16. The zero-order valence-electron chi connectivity index (χ0n) is 25.9. The predicted molar refractivity (Wildman–Crippen MR) is 175 cm³/mol. The molecule has 0 aliphatic carbocycles. The highest BCUT2D eigenvalue weighted by Crippen LogP contribution is 2.36. The smallest absolute Gasteiger partial charge is 0.254 e. The van der Waals surface area contributed by atoms with Crippen molar-refractivity contribution in [3.63, 3.8) is 0 Å². The number of aromatic nitrogens is 3. The number of hydrogen-bond acceptors (Lipinski definition) is 8. The SMILES string of the molecule is CN(C)Cc1nc(Nc2ccc(-c3cnc4cc(F)ccn34)c3c2C(=O)NC3)ccc1N1CCOCC(OCc2ccccc2)C1. The Labute approximate surface area is 266 Å². The normalized spacial score (nSPS) is 16.5. The van der Waals surface area contributed by atoms with Gasteiger partial charge in [0.2, 0.25) is 0 Å². The van der Waals surface area contributed by atoms with Gasteiger partial charge in [-0.15, -0.1) is 0 Å². The van der Waals surface area contributed by atoms with Crippen LogP contribution in [0, 0.1) is 5.82 Å². The quantitative estimate of drug-likeness (QED) is 0.237. The molecule has 0 radical (unpaired) electrons. The van der Waals surface area contributed by atoms with E-state index < -0.39 is 0 Å². The predicted octanol–water partition coefficient (Wildman–Crippen LogP) is 5.01. The first kappa shape index (κ1) is 29.8. The maximum atomic E-state index is 13.8. The molecule has 7 rings (SSSR count). The minimum atomic E-state index is -0.348. The highest BCUT2D eigenvalue weighted by Gasteiger charge is 2.28. The van der Waals surface area contributed by atoms with Crippen molar-refractivity contribution in [2.75, 3.05) is 50.6 Å². The maximum Gasteiger partial charge on any atom is 0.254 e. The second kappa shape index (κ2) is 12.9. The second-order valence-electron chi connectivity index (χ2n) is 11.9. The van der Waals surface area contributed by atoms with Gasteiger partial charge in [0, 0.05) is 44.0 Å². The number of fused-ring (bicyclic) bond motifs is 2. The zero-order chi connectivity index (χ0) is 31.6. The molecule has 2 aromatic carbocycles. The van der Waals surface area contributed by atoms with Gasteiger partial charge < -0.3 is 29.9 Å². The van der Waals surface area contributed by atoms with E-state index >= 15 is 0 Å². The van der Waals surface area contributed by atoms with Gasteiger partial charge in [0.1, 0.15) is 17.3 Å². The number of anilines is 3. The first-order valence-corrected chi connectivity index (χ1v) is 15.4. The molecule has 46 heavy (non-hydrogen) atoms. The van der Waals surface area contributed by atoms with Crippen LogP contribution < -0.4 is 15.5 Å². The molecular formula is C35H36FN7O3. The number of amides is 1. The van der Waals surface area contributed by atoms with E-state index in [4.69, 9.17) is 14.5 Å². The Morgan fingerprint density at radius 3 is 2.85 bits per heavy atom. The molecule has 5 aromatic rings. The van der Waals surface area contributed by atoms with Gasteiger partial charge in [0.05, 0.1) is 60.4 Å². The standard InChI is InChI=1S/C35H36FN7O3/c1-41(2)20-29-30(42-14-15-45-22-25(19-42)46-21-23-6-4-3-5-7-23)10-11-32(40-29)39-28-9-8-26(27-17-38-35(44)34(27)28)31-18-37-33-16-24(36)12-13-43(31)33/h3-13,16,18,25H,14-15,17,19-22H2,1-2H3,(H,38,44)(H,39,40). The van der Waals surface area contributed by atoms with E-state index in [1.54, 1.807) is 12.4 Å². The summed E-state index contributed by atoms with van der Waals surface area (Å²) in [4.78, 5) is 26.9. The van der Waals surface area contributed by atoms with E-state index in [0.29, 0.717) is 62.2 Å². The van der Waals surface area contributed by atoms with Gasteiger partial charge in [0.25, 0.3) is 5.91 Å². The van der Waals surface area contributed by atoms with Crippen LogP contribution in [0.1, 0.15) is 27.2 Å². The van der Waals surface area contributed by atoms with Crippen molar-refractivity contribution < 1.29 is 18.7 Å². The molecule has 1 fully saturated rings. The topological polar surface area (TPSA) is 96.3 Å². The van der Waals surface area contributed by atoms with E-state index in [2.05, 4.69) is 43.6 Å². The van der Waals surface area contributed by atoms with Crippen LogP contribution in [0.5, 0.6) is 0 Å². The lowest BCUT2D eigenvalue weighted by molar-refractivity contribution is -0.00796. The number of benzene rings is 2. The first-order chi connectivity index (χ1) is 22.4. The summed E-state index contributed by atoms with van der Waals surface area (Å²) in [6, 6.07) is 20.8. The molecule has 1 atom stereocenters. The lowest BCUT2D eigenvalue weighted by Gasteiger charge is -2.28. The number of hydrogen-bond donors (Lipinski definition) is 2. The fraction of sp³-hybridized carbons (Fsp3) is 0.286. The maximum absolute atomic E-state index is 13.8. The molecule has 10 nitrogen and oxygen atoms in total. The molecule has 1 unspecified atom stereocenters. The van der Waals surface area contributed by atoms with Crippen molar-refractivity contribution in [1.82, 2.24) is 24.6 Å². The van der Waals surface area contributed by atoms with Gasteiger partial charge in [-0.1, -0.05) is 36.4 Å². The Kier molecular flexibility index (Phi) is 8.35. The van der Waals surface area contributed by atoms with Crippen LogP contribution in [-0.2, 0) is 29.2 Å². The monoisotopic (exact) mass is 621 g/mol. The molecule has 2 aliphatic rings. The molecule has 2 N–H and O–H groups in total. The van der Waals surface area contributed by atoms with Gasteiger partial charge >= 0.3 is 0 Å². The fourth-order valence-corrected chi connectivity index (χ4v) is 6.14. The number of carbonyl (C=O) groups excluding carboxylic acids is 1. The number of nitrogens with one attached hydrogen (secondary N) is 2. The van der Waals surface area contributed by atoms with Crippen LogP contribution in [0.4, 0.5) is 21.6 Å². The van der Waals surface area contributed by atoms with Gasteiger partial charge in [-0.05, 0) is 49.5 Å². The zero-order valence-corrected chi connectivity index (χ0v) is 25.9.